The summed E-state index contributed by atoms with van der Waals surface area (Å²) >= 11 is 0. The van der Waals surface area contributed by atoms with Crippen molar-refractivity contribution < 1.29 is 74.2 Å². The van der Waals surface area contributed by atoms with E-state index in [2.05, 4.69) is 4.74 Å². The summed E-state index contributed by atoms with van der Waals surface area (Å²) in [6.07, 6.45) is 0. The number of methoxy groups -OCH3 is 1. The Morgan fingerprint density at radius 3 is 2.36 bits per heavy atom. The molecule has 0 aliphatic rings. The van der Waals surface area contributed by atoms with Gasteiger partial charge >= 0.3 is 51.4 Å². The Balaban J connectivity index is 0.00000169. The quantitative estimate of drug-likeness (QED) is 0.451. The van der Waals surface area contributed by atoms with Crippen molar-refractivity contribution in [2.75, 3.05) is 7.11 Å². The van der Waals surface area contributed by atoms with E-state index in [0.29, 0.717) is 0 Å². The molecule has 0 heterocycles. The number of hydrogen-bond acceptors (Lipinski definition) is 5. The van der Waals surface area contributed by atoms with Crippen LogP contribution in [0.5, 0.6) is 11.5 Å². The molecule has 0 bridgehead atoms. The fourth-order valence-corrected chi connectivity index (χ4v) is 1.57. The third-order valence-corrected chi connectivity index (χ3v) is 2.29. The van der Waals surface area contributed by atoms with Crippen molar-refractivity contribution in [1.29, 1.82) is 0 Å². The standard InChI is InChI=1S/C7H8O5S.K/c1-12-7-5(8)3-2-4-6(7)13(9,10)11;/h2-4,8H,1H3,(H,9,10,11);/q;+1/p-1. The van der Waals surface area contributed by atoms with Crippen molar-refractivity contribution in [3.63, 3.8) is 0 Å². The smallest absolute Gasteiger partial charge is 0.744 e. The first-order valence-corrected chi connectivity index (χ1v) is 4.69. The molecule has 0 radical (unpaired) electrons. The summed E-state index contributed by atoms with van der Waals surface area (Å²) in [7, 11) is -3.43. The van der Waals surface area contributed by atoms with Gasteiger partial charge in [0.15, 0.2) is 11.5 Å². The van der Waals surface area contributed by atoms with Crippen LogP contribution in [-0.4, -0.2) is 25.2 Å². The van der Waals surface area contributed by atoms with E-state index in [-0.39, 0.29) is 62.9 Å². The topological polar surface area (TPSA) is 86.7 Å². The summed E-state index contributed by atoms with van der Waals surface area (Å²) < 4.78 is 36.4. The molecule has 72 valence electrons. The Bertz CT molecular complexity index is 414. The van der Waals surface area contributed by atoms with E-state index in [1.807, 2.05) is 0 Å². The van der Waals surface area contributed by atoms with Gasteiger partial charge in [0.25, 0.3) is 0 Å². The van der Waals surface area contributed by atoms with Crippen molar-refractivity contribution in [3.8, 4) is 11.5 Å². The molecule has 0 aromatic heterocycles. The van der Waals surface area contributed by atoms with Gasteiger partial charge in [-0.05, 0) is 12.1 Å². The molecule has 0 saturated carbocycles. The molecule has 0 aliphatic carbocycles. The number of hydrogen-bond donors (Lipinski definition) is 1. The third kappa shape index (κ3) is 3.19. The van der Waals surface area contributed by atoms with Gasteiger partial charge in [-0.1, -0.05) is 6.07 Å². The fraction of sp³-hybridized carbons (Fsp3) is 0.143. The molecule has 0 fully saturated rings. The zero-order valence-electron chi connectivity index (χ0n) is 7.72. The van der Waals surface area contributed by atoms with E-state index in [1.165, 1.54) is 19.2 Å². The van der Waals surface area contributed by atoms with Gasteiger partial charge in [0.1, 0.15) is 15.0 Å². The Kier molecular flexibility index (Phi) is 5.59. The normalized spacial score (nSPS) is 10.4. The van der Waals surface area contributed by atoms with Gasteiger partial charge in [0.2, 0.25) is 0 Å². The van der Waals surface area contributed by atoms with Crippen molar-refractivity contribution in [2.24, 2.45) is 0 Å². The minimum absolute atomic E-state index is 0. The predicted octanol–water partition coefficient (Wildman–Crippen LogP) is -2.69. The van der Waals surface area contributed by atoms with Gasteiger partial charge < -0.3 is 14.4 Å². The van der Waals surface area contributed by atoms with E-state index in [0.717, 1.165) is 6.07 Å². The average Bonchev–Trinajstić information content (AvgIpc) is 2.02. The molecule has 0 spiro atoms. The van der Waals surface area contributed by atoms with E-state index in [4.69, 9.17) is 5.11 Å². The van der Waals surface area contributed by atoms with Crippen LogP contribution in [0.3, 0.4) is 0 Å². The molecular weight excluding hydrogens is 235 g/mol. The molecule has 0 unspecified atom stereocenters. The van der Waals surface area contributed by atoms with Crippen LogP contribution in [0.25, 0.3) is 0 Å². The summed E-state index contributed by atoms with van der Waals surface area (Å²) in [6, 6.07) is 3.55. The molecule has 0 atom stereocenters. The number of benzene rings is 1. The number of aromatic hydroxyl groups is 1. The second-order valence-electron chi connectivity index (χ2n) is 2.26. The molecule has 5 nitrogen and oxygen atoms in total. The van der Waals surface area contributed by atoms with Crippen LogP contribution < -0.4 is 56.1 Å². The first-order valence-electron chi connectivity index (χ1n) is 3.28. The Morgan fingerprint density at radius 1 is 1.43 bits per heavy atom. The van der Waals surface area contributed by atoms with E-state index < -0.39 is 15.0 Å². The van der Waals surface area contributed by atoms with Crippen LogP contribution >= 0.6 is 0 Å². The van der Waals surface area contributed by atoms with Crippen LogP contribution in [0.4, 0.5) is 0 Å². The SMILES string of the molecule is COc1c(O)cccc1S(=O)(=O)[O-].[K+]. The second-order valence-corrected chi connectivity index (χ2v) is 3.61. The largest absolute Gasteiger partial charge is 1.00 e. The van der Waals surface area contributed by atoms with Crippen molar-refractivity contribution in [2.45, 2.75) is 4.90 Å². The molecule has 14 heavy (non-hydrogen) atoms. The molecule has 1 N–H and O–H groups in total. The summed E-state index contributed by atoms with van der Waals surface area (Å²) in [4.78, 5) is -0.560. The van der Waals surface area contributed by atoms with Crippen molar-refractivity contribution in [1.82, 2.24) is 0 Å². The van der Waals surface area contributed by atoms with Gasteiger partial charge in [-0.3, -0.25) is 0 Å². The van der Waals surface area contributed by atoms with Gasteiger partial charge in [-0.2, -0.15) is 0 Å². The summed E-state index contributed by atoms with van der Waals surface area (Å²) in [5.74, 6) is -0.697. The first-order chi connectivity index (χ1) is 5.96. The van der Waals surface area contributed by atoms with Gasteiger partial charge in [-0.25, -0.2) is 8.42 Å². The Labute approximate surface area is 124 Å². The van der Waals surface area contributed by atoms with Crippen LogP contribution in [-0.2, 0) is 10.1 Å². The summed E-state index contributed by atoms with van der Waals surface area (Å²) in [5, 5.41) is 9.13. The minimum Gasteiger partial charge on any atom is -0.744 e. The number of phenols is 1. The molecule has 0 amide bonds. The predicted molar refractivity (Wildman–Crippen MR) is 42.6 cm³/mol. The van der Waals surface area contributed by atoms with Crippen LogP contribution in [0.15, 0.2) is 23.1 Å². The molecule has 1 aromatic rings. The zero-order chi connectivity index (χ0) is 10.1. The van der Waals surface area contributed by atoms with Crippen LogP contribution in [0.1, 0.15) is 0 Å². The van der Waals surface area contributed by atoms with Gasteiger partial charge in [0.05, 0.1) is 7.11 Å². The average molecular weight is 242 g/mol. The summed E-state index contributed by atoms with van der Waals surface area (Å²) in [6.45, 7) is 0. The number of rotatable bonds is 2. The summed E-state index contributed by atoms with van der Waals surface area (Å²) in [5.41, 5.74) is 0. The maximum absolute atomic E-state index is 10.6. The first kappa shape index (κ1) is 14.4. The molecule has 0 aliphatic heterocycles. The number of phenolic OH excluding ortho intramolecular Hbond substituents is 1. The molecule has 7 heteroatoms. The molecule has 1 aromatic carbocycles. The number of ether oxygens (including phenoxy) is 1. The monoisotopic (exact) mass is 242 g/mol. The van der Waals surface area contributed by atoms with Crippen LogP contribution in [0.2, 0.25) is 0 Å². The molecular formula is C7H7KO5S. The fourth-order valence-electron chi connectivity index (χ4n) is 0.906. The van der Waals surface area contributed by atoms with Gasteiger partial charge in [-0.15, -0.1) is 0 Å². The third-order valence-electron chi connectivity index (χ3n) is 1.43. The maximum Gasteiger partial charge on any atom is 1.00 e. The van der Waals surface area contributed by atoms with E-state index in [9.17, 15) is 13.0 Å². The van der Waals surface area contributed by atoms with Crippen molar-refractivity contribution >= 4 is 10.1 Å². The Morgan fingerprint density at radius 2 is 2.00 bits per heavy atom. The molecule has 1 rings (SSSR count). The van der Waals surface area contributed by atoms with Crippen LogP contribution in [0, 0.1) is 0 Å². The van der Waals surface area contributed by atoms with E-state index >= 15 is 0 Å². The maximum atomic E-state index is 10.6. The number of para-hydroxylation sites is 1. The molecule has 0 saturated heterocycles. The Hall–Kier alpha value is 0.366. The van der Waals surface area contributed by atoms with Gasteiger partial charge in [0, 0.05) is 0 Å². The van der Waals surface area contributed by atoms with E-state index in [1.54, 1.807) is 0 Å². The minimum atomic E-state index is -4.60. The second kappa shape index (κ2) is 5.45. The zero-order valence-corrected chi connectivity index (χ0v) is 11.7. The van der Waals surface area contributed by atoms with Crippen molar-refractivity contribution in [3.05, 3.63) is 18.2 Å².